The highest BCUT2D eigenvalue weighted by Crippen LogP contribution is 2.36. The number of methoxy groups -OCH3 is 2. The minimum Gasteiger partial charge on any atom is -0.350 e. The summed E-state index contributed by atoms with van der Waals surface area (Å²) in [6.45, 7) is 0. The van der Waals surface area contributed by atoms with E-state index in [1.54, 1.807) is 0 Å². The fourth-order valence-electron chi connectivity index (χ4n) is 1.76. The van der Waals surface area contributed by atoms with Gasteiger partial charge in [-0.05, 0) is 6.07 Å². The molecular formula is C12H12F3N3O2. The van der Waals surface area contributed by atoms with Crippen LogP contribution in [0.3, 0.4) is 0 Å². The minimum atomic E-state index is -4.57. The maximum Gasteiger partial charge on any atom is 0.418 e. The van der Waals surface area contributed by atoms with Crippen LogP contribution in [0.2, 0.25) is 0 Å². The van der Waals surface area contributed by atoms with Crippen LogP contribution in [0.4, 0.5) is 13.2 Å². The highest BCUT2D eigenvalue weighted by molar-refractivity contribution is 5.55. The molecule has 0 fully saturated rings. The summed E-state index contributed by atoms with van der Waals surface area (Å²) in [5, 5.41) is 0. The van der Waals surface area contributed by atoms with E-state index in [9.17, 15) is 13.2 Å². The van der Waals surface area contributed by atoms with Crippen LogP contribution in [-0.2, 0) is 15.7 Å². The Kier molecular flexibility index (Phi) is 4.05. The van der Waals surface area contributed by atoms with Crippen LogP contribution < -0.4 is 0 Å². The third-order valence-corrected chi connectivity index (χ3v) is 2.65. The van der Waals surface area contributed by atoms with Crippen molar-refractivity contribution in [1.29, 1.82) is 0 Å². The van der Waals surface area contributed by atoms with Crippen molar-refractivity contribution in [2.24, 2.45) is 0 Å². The van der Waals surface area contributed by atoms with E-state index in [1.807, 2.05) is 0 Å². The quantitative estimate of drug-likeness (QED) is 0.878. The number of halogens is 3. The Morgan fingerprint density at radius 2 is 1.90 bits per heavy atom. The molecule has 0 saturated heterocycles. The van der Waals surface area contributed by atoms with Crippen molar-refractivity contribution in [3.63, 3.8) is 0 Å². The predicted molar refractivity (Wildman–Crippen MR) is 63.6 cm³/mol. The van der Waals surface area contributed by atoms with Gasteiger partial charge in [0.05, 0.1) is 5.56 Å². The number of ether oxygens (including phenoxy) is 2. The van der Waals surface area contributed by atoms with Crippen molar-refractivity contribution in [3.8, 4) is 11.4 Å². The molecule has 2 rings (SSSR count). The number of aromatic amines is 1. The smallest absolute Gasteiger partial charge is 0.350 e. The summed E-state index contributed by atoms with van der Waals surface area (Å²) in [6.07, 6.45) is -1.50. The van der Waals surface area contributed by atoms with Gasteiger partial charge in [0.15, 0.2) is 0 Å². The van der Waals surface area contributed by atoms with E-state index in [0.29, 0.717) is 5.82 Å². The van der Waals surface area contributed by atoms with E-state index in [4.69, 9.17) is 9.47 Å². The Hall–Kier alpha value is -1.93. The number of nitrogens with zero attached hydrogens (tertiary/aromatic N) is 2. The largest absolute Gasteiger partial charge is 0.418 e. The predicted octanol–water partition coefficient (Wildman–Crippen LogP) is 2.78. The van der Waals surface area contributed by atoms with Crippen LogP contribution in [0.25, 0.3) is 11.4 Å². The molecule has 2 heterocycles. The Bertz CT molecular complexity index is 566. The molecule has 8 heteroatoms. The SMILES string of the molecule is COC(OC)c1ncc(-c2ncc[nH]2)cc1C(F)(F)F. The third kappa shape index (κ3) is 2.81. The van der Waals surface area contributed by atoms with E-state index < -0.39 is 18.0 Å². The molecule has 5 nitrogen and oxygen atoms in total. The number of imidazole rings is 1. The number of hydrogen-bond donors (Lipinski definition) is 1. The van der Waals surface area contributed by atoms with Crippen molar-refractivity contribution in [2.75, 3.05) is 14.2 Å². The Morgan fingerprint density at radius 1 is 1.20 bits per heavy atom. The van der Waals surface area contributed by atoms with Gasteiger partial charge in [0.25, 0.3) is 0 Å². The van der Waals surface area contributed by atoms with Gasteiger partial charge >= 0.3 is 6.18 Å². The average molecular weight is 287 g/mol. The van der Waals surface area contributed by atoms with Gasteiger partial charge in [0.2, 0.25) is 6.29 Å². The molecule has 2 aromatic rings. The molecule has 0 aromatic carbocycles. The molecule has 20 heavy (non-hydrogen) atoms. The molecule has 108 valence electrons. The van der Waals surface area contributed by atoms with Crippen LogP contribution in [0.1, 0.15) is 17.5 Å². The third-order valence-electron chi connectivity index (χ3n) is 2.65. The molecule has 0 amide bonds. The Morgan fingerprint density at radius 3 is 2.40 bits per heavy atom. The van der Waals surface area contributed by atoms with Gasteiger partial charge in [0, 0.05) is 38.4 Å². The van der Waals surface area contributed by atoms with Crippen LogP contribution in [0.5, 0.6) is 0 Å². The Labute approximate surface area is 112 Å². The standard InChI is InChI=1S/C12H12F3N3O2/c1-19-11(20-2)9-8(12(13,14)15)5-7(6-18-9)10-16-3-4-17-10/h3-6,11H,1-2H3,(H,16,17). The van der Waals surface area contributed by atoms with Crippen LogP contribution in [0.15, 0.2) is 24.7 Å². The van der Waals surface area contributed by atoms with Crippen LogP contribution in [-0.4, -0.2) is 29.2 Å². The molecular weight excluding hydrogens is 275 g/mol. The zero-order valence-corrected chi connectivity index (χ0v) is 10.7. The van der Waals surface area contributed by atoms with E-state index in [-0.39, 0.29) is 11.3 Å². The summed E-state index contributed by atoms with van der Waals surface area (Å²) in [5.74, 6) is 0.306. The number of nitrogens with one attached hydrogen (secondary N) is 1. The summed E-state index contributed by atoms with van der Waals surface area (Å²) in [4.78, 5) is 10.4. The lowest BCUT2D eigenvalue weighted by atomic mass is 10.1. The fraction of sp³-hybridized carbons (Fsp3) is 0.333. The summed E-state index contributed by atoms with van der Waals surface area (Å²) in [7, 11) is 2.49. The van der Waals surface area contributed by atoms with Crippen LogP contribution in [0, 0.1) is 0 Å². The average Bonchev–Trinajstić information content (AvgIpc) is 2.93. The summed E-state index contributed by atoms with van der Waals surface area (Å²) < 4.78 is 49.1. The number of rotatable bonds is 4. The molecule has 0 atom stereocenters. The van der Waals surface area contributed by atoms with Gasteiger partial charge in [-0.15, -0.1) is 0 Å². The lowest BCUT2D eigenvalue weighted by molar-refractivity contribution is -0.149. The topological polar surface area (TPSA) is 60.0 Å². The summed E-state index contributed by atoms with van der Waals surface area (Å²) in [6, 6.07) is 0.964. The summed E-state index contributed by atoms with van der Waals surface area (Å²) in [5.41, 5.74) is -1.00. The molecule has 2 aromatic heterocycles. The number of pyridine rings is 1. The number of hydrogen-bond acceptors (Lipinski definition) is 4. The Balaban J connectivity index is 2.54. The van der Waals surface area contributed by atoms with E-state index >= 15 is 0 Å². The van der Waals surface area contributed by atoms with Gasteiger partial charge in [-0.3, -0.25) is 4.98 Å². The van der Waals surface area contributed by atoms with E-state index in [1.165, 1.54) is 32.8 Å². The zero-order valence-electron chi connectivity index (χ0n) is 10.7. The lowest BCUT2D eigenvalue weighted by Gasteiger charge is -2.18. The van der Waals surface area contributed by atoms with E-state index in [0.717, 1.165) is 6.07 Å². The first-order chi connectivity index (χ1) is 9.47. The molecule has 0 spiro atoms. The molecule has 0 radical (unpaired) electrons. The molecule has 0 aliphatic carbocycles. The highest BCUT2D eigenvalue weighted by atomic mass is 19.4. The van der Waals surface area contributed by atoms with Crippen molar-refractivity contribution >= 4 is 0 Å². The minimum absolute atomic E-state index is 0.233. The summed E-state index contributed by atoms with van der Waals surface area (Å²) >= 11 is 0. The van der Waals surface area contributed by atoms with Gasteiger partial charge in [-0.25, -0.2) is 4.98 Å². The van der Waals surface area contributed by atoms with Crippen molar-refractivity contribution in [1.82, 2.24) is 15.0 Å². The molecule has 1 N–H and O–H groups in total. The second-order valence-corrected chi connectivity index (χ2v) is 3.90. The lowest BCUT2D eigenvalue weighted by Crippen LogP contribution is -2.16. The number of H-pyrrole nitrogens is 1. The molecule has 0 aliphatic heterocycles. The van der Waals surface area contributed by atoms with Gasteiger partial charge < -0.3 is 14.5 Å². The first-order valence-electron chi connectivity index (χ1n) is 5.60. The molecule has 0 saturated carbocycles. The van der Waals surface area contributed by atoms with Gasteiger partial charge in [-0.1, -0.05) is 0 Å². The maximum atomic E-state index is 13.1. The number of aromatic nitrogens is 3. The van der Waals surface area contributed by atoms with Gasteiger partial charge in [0.1, 0.15) is 11.5 Å². The molecule has 0 aliphatic rings. The van der Waals surface area contributed by atoms with Gasteiger partial charge in [-0.2, -0.15) is 13.2 Å². The highest BCUT2D eigenvalue weighted by Gasteiger charge is 2.37. The second-order valence-electron chi connectivity index (χ2n) is 3.90. The first kappa shape index (κ1) is 14.5. The maximum absolute atomic E-state index is 13.1. The molecule has 0 bridgehead atoms. The second kappa shape index (κ2) is 5.59. The number of alkyl halides is 3. The monoisotopic (exact) mass is 287 g/mol. The van der Waals surface area contributed by atoms with Crippen molar-refractivity contribution in [3.05, 3.63) is 35.9 Å². The first-order valence-corrected chi connectivity index (χ1v) is 5.60. The van der Waals surface area contributed by atoms with Crippen LogP contribution >= 0.6 is 0 Å². The fourth-order valence-corrected chi connectivity index (χ4v) is 1.76. The molecule has 0 unspecified atom stereocenters. The van der Waals surface area contributed by atoms with Crippen molar-refractivity contribution in [2.45, 2.75) is 12.5 Å². The van der Waals surface area contributed by atoms with Crippen molar-refractivity contribution < 1.29 is 22.6 Å². The zero-order chi connectivity index (χ0) is 14.8. The normalized spacial score (nSPS) is 12.1. The van der Waals surface area contributed by atoms with E-state index in [2.05, 4.69) is 15.0 Å².